The second kappa shape index (κ2) is 8.04. The molecular formula is C23H29N5O3. The van der Waals surface area contributed by atoms with Gasteiger partial charge in [0.15, 0.2) is 17.4 Å². The first-order valence-electron chi connectivity index (χ1n) is 11.2. The topological polar surface area (TPSA) is 90.2 Å². The van der Waals surface area contributed by atoms with E-state index in [9.17, 15) is 10.1 Å². The summed E-state index contributed by atoms with van der Waals surface area (Å²) >= 11 is 0. The Bertz CT molecular complexity index is 924. The molecule has 31 heavy (non-hydrogen) atoms. The molecule has 164 valence electrons. The van der Waals surface area contributed by atoms with Crippen LogP contribution in [0.5, 0.6) is 11.5 Å². The summed E-state index contributed by atoms with van der Waals surface area (Å²) in [4.78, 5) is 22.3. The van der Waals surface area contributed by atoms with E-state index >= 15 is 0 Å². The number of amides is 1. The molecule has 1 spiro atoms. The molecule has 0 bridgehead atoms. The van der Waals surface area contributed by atoms with Crippen LogP contribution in [0.1, 0.15) is 38.2 Å². The fourth-order valence-corrected chi connectivity index (χ4v) is 5.14. The fraction of sp³-hybridized carbons (Fsp3) is 0.609. The Morgan fingerprint density at radius 2 is 1.94 bits per heavy atom. The van der Waals surface area contributed by atoms with Crippen LogP contribution in [0.2, 0.25) is 0 Å². The highest BCUT2D eigenvalue weighted by molar-refractivity contribution is 6.02. The Kier molecular flexibility index (Phi) is 5.22. The number of fused-ring (bicyclic) bond motifs is 1. The summed E-state index contributed by atoms with van der Waals surface area (Å²) in [6.45, 7) is 6.74. The van der Waals surface area contributed by atoms with Gasteiger partial charge >= 0.3 is 0 Å². The van der Waals surface area contributed by atoms with Crippen LogP contribution >= 0.6 is 0 Å². The van der Waals surface area contributed by atoms with Crippen LogP contribution in [0.3, 0.4) is 0 Å². The summed E-state index contributed by atoms with van der Waals surface area (Å²) < 4.78 is 10.9. The van der Waals surface area contributed by atoms with E-state index in [-0.39, 0.29) is 5.91 Å². The normalized spacial score (nSPS) is 30.6. The summed E-state index contributed by atoms with van der Waals surface area (Å²) in [6.07, 6.45) is 3.66. The van der Waals surface area contributed by atoms with Gasteiger partial charge in [-0.15, -0.1) is 0 Å². The Morgan fingerprint density at radius 1 is 1.19 bits per heavy atom. The second-order valence-corrected chi connectivity index (χ2v) is 9.22. The third-order valence-corrected chi connectivity index (χ3v) is 7.15. The average Bonchev–Trinajstić information content (AvgIpc) is 3.24. The van der Waals surface area contributed by atoms with Crippen LogP contribution in [0.4, 0.5) is 0 Å². The lowest BCUT2D eigenvalue weighted by molar-refractivity contribution is -0.125. The van der Waals surface area contributed by atoms with E-state index in [0.29, 0.717) is 18.7 Å². The SMILES string of the molecule is CC1CCC2(CC1)N=C(N1CCN(Cc3ccc4c(c3)OCO4)CC1)NC(=O)[C@H]2C#N. The number of aliphatic imine (C=N–C) groups is 1. The monoisotopic (exact) mass is 423 g/mol. The average molecular weight is 424 g/mol. The lowest BCUT2D eigenvalue weighted by Gasteiger charge is -2.44. The molecule has 5 rings (SSSR count). The molecule has 8 nitrogen and oxygen atoms in total. The minimum Gasteiger partial charge on any atom is -0.454 e. The van der Waals surface area contributed by atoms with E-state index in [1.165, 1.54) is 5.56 Å². The lowest BCUT2D eigenvalue weighted by Crippen LogP contribution is -2.60. The predicted molar refractivity (Wildman–Crippen MR) is 114 cm³/mol. The number of nitrogens with one attached hydrogen (secondary N) is 1. The molecule has 3 aliphatic heterocycles. The molecule has 1 amide bonds. The van der Waals surface area contributed by atoms with Crippen molar-refractivity contribution in [3.63, 3.8) is 0 Å². The summed E-state index contributed by atoms with van der Waals surface area (Å²) in [6, 6.07) is 8.34. The highest BCUT2D eigenvalue weighted by Crippen LogP contribution is 2.42. The Hall–Kier alpha value is -2.79. The van der Waals surface area contributed by atoms with Gasteiger partial charge in [0.05, 0.1) is 11.6 Å². The van der Waals surface area contributed by atoms with Crippen molar-refractivity contribution >= 4 is 11.9 Å². The molecule has 1 aromatic carbocycles. The zero-order valence-electron chi connectivity index (χ0n) is 18.0. The van der Waals surface area contributed by atoms with Gasteiger partial charge in [0.25, 0.3) is 0 Å². The van der Waals surface area contributed by atoms with Gasteiger partial charge in [-0.25, -0.2) is 4.99 Å². The highest BCUT2D eigenvalue weighted by atomic mass is 16.7. The second-order valence-electron chi connectivity index (χ2n) is 9.22. The fourth-order valence-electron chi connectivity index (χ4n) is 5.14. The number of nitrogens with zero attached hydrogens (tertiary/aromatic N) is 4. The van der Waals surface area contributed by atoms with Gasteiger partial charge in [0.2, 0.25) is 18.7 Å². The van der Waals surface area contributed by atoms with Crippen LogP contribution in [0.15, 0.2) is 23.2 Å². The number of carbonyl (C=O) groups is 1. The maximum absolute atomic E-state index is 12.8. The van der Waals surface area contributed by atoms with Gasteiger partial charge < -0.3 is 14.4 Å². The van der Waals surface area contributed by atoms with Gasteiger partial charge in [0, 0.05) is 32.7 Å². The maximum atomic E-state index is 12.8. The van der Waals surface area contributed by atoms with Gasteiger partial charge in [-0.1, -0.05) is 13.0 Å². The molecule has 0 unspecified atom stereocenters. The van der Waals surface area contributed by atoms with Crippen molar-refractivity contribution in [2.45, 2.75) is 44.7 Å². The quantitative estimate of drug-likeness (QED) is 0.784. The number of nitriles is 1. The molecule has 3 heterocycles. The van der Waals surface area contributed by atoms with E-state index in [2.05, 4.69) is 40.2 Å². The van der Waals surface area contributed by atoms with Gasteiger partial charge in [0.1, 0.15) is 0 Å². The largest absolute Gasteiger partial charge is 0.454 e. The van der Waals surface area contributed by atoms with E-state index < -0.39 is 11.5 Å². The van der Waals surface area contributed by atoms with E-state index in [1.54, 1.807) is 0 Å². The number of hydrogen-bond acceptors (Lipinski definition) is 7. The summed E-state index contributed by atoms with van der Waals surface area (Å²) in [5, 5.41) is 12.6. The first-order chi connectivity index (χ1) is 15.1. The third kappa shape index (κ3) is 3.83. The number of hydrogen-bond donors (Lipinski definition) is 1. The molecule has 8 heteroatoms. The van der Waals surface area contributed by atoms with Crippen LogP contribution in [-0.4, -0.2) is 60.2 Å². The number of ether oxygens (including phenoxy) is 2. The highest BCUT2D eigenvalue weighted by Gasteiger charge is 2.49. The smallest absolute Gasteiger partial charge is 0.246 e. The molecular weight excluding hydrogens is 394 g/mol. The Labute approximate surface area is 182 Å². The molecule has 1 N–H and O–H groups in total. The Balaban J connectivity index is 1.25. The van der Waals surface area contributed by atoms with Crippen molar-refractivity contribution in [2.75, 3.05) is 33.0 Å². The minimum absolute atomic E-state index is 0.190. The number of carbonyl (C=O) groups excluding carboxylic acids is 1. The number of piperazine rings is 1. The van der Waals surface area contributed by atoms with Gasteiger partial charge in [-0.3, -0.25) is 15.0 Å². The van der Waals surface area contributed by atoms with Crippen LogP contribution in [0.25, 0.3) is 0 Å². The van der Waals surface area contributed by atoms with Crippen LogP contribution < -0.4 is 14.8 Å². The van der Waals surface area contributed by atoms with E-state index in [1.807, 2.05) is 6.07 Å². The number of benzene rings is 1. The predicted octanol–water partition coefficient (Wildman–Crippen LogP) is 2.11. The number of guanidine groups is 1. The zero-order valence-corrected chi connectivity index (χ0v) is 18.0. The molecule has 1 aliphatic carbocycles. The first-order valence-corrected chi connectivity index (χ1v) is 11.2. The molecule has 1 atom stereocenters. The summed E-state index contributed by atoms with van der Waals surface area (Å²) in [5.41, 5.74) is 0.649. The molecule has 4 aliphatic rings. The standard InChI is InChI=1S/C23H29N5O3/c1-16-4-6-23(7-5-16)18(13-24)21(29)25-22(26-23)28-10-8-27(9-11-28)14-17-2-3-19-20(12-17)31-15-30-19/h2-3,12,16,18H,4-11,14-15H2,1H3,(H,25,26,29)/t16?,18-,23?/m1/s1. The molecule has 0 aromatic heterocycles. The Morgan fingerprint density at radius 3 is 2.68 bits per heavy atom. The van der Waals surface area contributed by atoms with Crippen molar-refractivity contribution < 1.29 is 14.3 Å². The molecule has 1 saturated carbocycles. The minimum atomic E-state index is -0.684. The summed E-state index contributed by atoms with van der Waals surface area (Å²) in [5.74, 6) is 2.04. The van der Waals surface area contributed by atoms with Crippen molar-refractivity contribution in [3.05, 3.63) is 23.8 Å². The van der Waals surface area contributed by atoms with Gasteiger partial charge in [-0.2, -0.15) is 5.26 Å². The number of rotatable bonds is 2. The zero-order chi connectivity index (χ0) is 21.4. The van der Waals surface area contributed by atoms with Crippen LogP contribution in [0, 0.1) is 23.2 Å². The molecule has 0 radical (unpaired) electrons. The molecule has 1 saturated heterocycles. The maximum Gasteiger partial charge on any atom is 0.246 e. The van der Waals surface area contributed by atoms with Gasteiger partial charge in [-0.05, 0) is 49.3 Å². The summed E-state index contributed by atoms with van der Waals surface area (Å²) in [7, 11) is 0. The van der Waals surface area contributed by atoms with Crippen molar-refractivity contribution in [2.24, 2.45) is 16.8 Å². The van der Waals surface area contributed by atoms with E-state index in [0.717, 1.165) is 69.9 Å². The van der Waals surface area contributed by atoms with Crippen LogP contribution in [-0.2, 0) is 11.3 Å². The molecule has 2 fully saturated rings. The first kappa shape index (κ1) is 20.1. The van der Waals surface area contributed by atoms with Crippen molar-refractivity contribution in [1.82, 2.24) is 15.1 Å². The van der Waals surface area contributed by atoms with E-state index in [4.69, 9.17) is 14.5 Å². The molecule has 1 aromatic rings. The van der Waals surface area contributed by atoms with Crippen molar-refractivity contribution in [3.8, 4) is 17.6 Å². The lowest BCUT2D eigenvalue weighted by atomic mass is 9.70. The third-order valence-electron chi connectivity index (χ3n) is 7.15. The van der Waals surface area contributed by atoms with Crippen molar-refractivity contribution in [1.29, 1.82) is 5.26 Å².